The van der Waals surface area contributed by atoms with Crippen LogP contribution in [0.15, 0.2) is 47.1 Å². The molecule has 0 saturated heterocycles. The number of halogens is 1. The summed E-state index contributed by atoms with van der Waals surface area (Å²) in [5.74, 6) is -0.122. The summed E-state index contributed by atoms with van der Waals surface area (Å²) >= 11 is 3.36. The minimum Gasteiger partial charge on any atom is -0.383 e. The molecule has 100 valence electrons. The van der Waals surface area contributed by atoms with Gasteiger partial charge >= 0.3 is 0 Å². The van der Waals surface area contributed by atoms with E-state index in [0.29, 0.717) is 18.8 Å². The van der Waals surface area contributed by atoms with Gasteiger partial charge in [-0.25, -0.2) is 0 Å². The van der Waals surface area contributed by atoms with Crippen molar-refractivity contribution in [3.8, 4) is 0 Å². The van der Waals surface area contributed by atoms with Gasteiger partial charge in [0.15, 0.2) is 0 Å². The summed E-state index contributed by atoms with van der Waals surface area (Å²) in [6.07, 6.45) is 1.87. The van der Waals surface area contributed by atoms with Crippen LogP contribution in [-0.4, -0.2) is 24.2 Å². The van der Waals surface area contributed by atoms with E-state index >= 15 is 0 Å². The summed E-state index contributed by atoms with van der Waals surface area (Å²) in [7, 11) is 1.64. The highest BCUT2D eigenvalue weighted by molar-refractivity contribution is 9.10. The van der Waals surface area contributed by atoms with Crippen molar-refractivity contribution in [1.29, 1.82) is 0 Å². The van der Waals surface area contributed by atoms with Crippen molar-refractivity contribution >= 4 is 27.5 Å². The summed E-state index contributed by atoms with van der Waals surface area (Å²) in [5.41, 5.74) is 1.40. The van der Waals surface area contributed by atoms with E-state index in [2.05, 4.69) is 21.2 Å². The number of ether oxygens (including phenoxy) is 1. The molecule has 1 amide bonds. The Morgan fingerprint density at radius 1 is 1.32 bits per heavy atom. The standard InChI is InChI=1S/C14H15BrN2O2/c1-19-10-9-17-8-2-3-13(17)14(18)16-12-6-4-11(15)5-7-12/h2-8H,9-10H2,1H3,(H,16,18). The molecule has 5 heteroatoms. The van der Waals surface area contributed by atoms with Crippen molar-refractivity contribution in [3.05, 3.63) is 52.8 Å². The van der Waals surface area contributed by atoms with Crippen molar-refractivity contribution in [2.75, 3.05) is 19.0 Å². The van der Waals surface area contributed by atoms with E-state index in [0.717, 1.165) is 10.2 Å². The van der Waals surface area contributed by atoms with Crippen molar-refractivity contribution < 1.29 is 9.53 Å². The minimum absolute atomic E-state index is 0.122. The van der Waals surface area contributed by atoms with Gasteiger partial charge in [-0.2, -0.15) is 0 Å². The summed E-state index contributed by atoms with van der Waals surface area (Å²) in [5, 5.41) is 2.87. The number of carbonyl (C=O) groups is 1. The molecule has 0 unspecified atom stereocenters. The van der Waals surface area contributed by atoms with Crippen LogP contribution >= 0.6 is 15.9 Å². The monoisotopic (exact) mass is 322 g/mol. The molecular formula is C14H15BrN2O2. The predicted molar refractivity (Wildman–Crippen MR) is 78.4 cm³/mol. The van der Waals surface area contributed by atoms with Gasteiger partial charge in [-0.15, -0.1) is 0 Å². The lowest BCUT2D eigenvalue weighted by molar-refractivity contribution is 0.101. The highest BCUT2D eigenvalue weighted by Gasteiger charge is 2.10. The Balaban J connectivity index is 2.07. The number of amides is 1. The molecule has 4 nitrogen and oxygen atoms in total. The molecule has 0 bridgehead atoms. The smallest absolute Gasteiger partial charge is 0.272 e. The molecule has 0 aliphatic heterocycles. The lowest BCUT2D eigenvalue weighted by Crippen LogP contribution is -2.18. The lowest BCUT2D eigenvalue weighted by atomic mass is 10.3. The second-order valence-corrected chi connectivity index (χ2v) is 4.96. The maximum Gasteiger partial charge on any atom is 0.272 e. The van der Waals surface area contributed by atoms with Gasteiger partial charge in [-0.3, -0.25) is 4.79 Å². The van der Waals surface area contributed by atoms with Crippen molar-refractivity contribution in [3.63, 3.8) is 0 Å². The molecule has 19 heavy (non-hydrogen) atoms. The quantitative estimate of drug-likeness (QED) is 0.918. The summed E-state index contributed by atoms with van der Waals surface area (Å²) in [6.45, 7) is 1.24. The Morgan fingerprint density at radius 3 is 2.74 bits per heavy atom. The van der Waals surface area contributed by atoms with Crippen LogP contribution in [0, 0.1) is 0 Å². The number of anilines is 1. The second-order valence-electron chi connectivity index (χ2n) is 4.04. The zero-order valence-electron chi connectivity index (χ0n) is 10.6. The van der Waals surface area contributed by atoms with Crippen LogP contribution in [0.25, 0.3) is 0 Å². The Bertz CT molecular complexity index is 549. The van der Waals surface area contributed by atoms with E-state index in [1.807, 2.05) is 41.1 Å². The molecule has 0 aliphatic carbocycles. The first kappa shape index (κ1) is 13.8. The van der Waals surface area contributed by atoms with Crippen LogP contribution in [0.4, 0.5) is 5.69 Å². The van der Waals surface area contributed by atoms with E-state index < -0.39 is 0 Å². The highest BCUT2D eigenvalue weighted by Crippen LogP contribution is 2.15. The number of nitrogens with zero attached hydrogens (tertiary/aromatic N) is 1. The van der Waals surface area contributed by atoms with Gasteiger partial charge in [0, 0.05) is 30.0 Å². The normalized spacial score (nSPS) is 10.4. The molecular weight excluding hydrogens is 308 g/mol. The maximum atomic E-state index is 12.2. The van der Waals surface area contributed by atoms with E-state index in [1.165, 1.54) is 0 Å². The summed E-state index contributed by atoms with van der Waals surface area (Å²) in [6, 6.07) is 11.1. The van der Waals surface area contributed by atoms with Gasteiger partial charge < -0.3 is 14.6 Å². The molecule has 1 heterocycles. The van der Waals surface area contributed by atoms with Gasteiger partial charge in [-0.1, -0.05) is 15.9 Å². The lowest BCUT2D eigenvalue weighted by Gasteiger charge is -2.09. The Morgan fingerprint density at radius 2 is 2.05 bits per heavy atom. The zero-order chi connectivity index (χ0) is 13.7. The summed E-state index contributed by atoms with van der Waals surface area (Å²) < 4.78 is 7.88. The first-order chi connectivity index (χ1) is 9.20. The molecule has 2 aromatic rings. The zero-order valence-corrected chi connectivity index (χ0v) is 12.2. The van der Waals surface area contributed by atoms with E-state index in [-0.39, 0.29) is 5.91 Å². The molecule has 0 fully saturated rings. The van der Waals surface area contributed by atoms with Crippen LogP contribution in [-0.2, 0) is 11.3 Å². The molecule has 0 spiro atoms. The Hall–Kier alpha value is -1.59. The van der Waals surface area contributed by atoms with E-state index in [9.17, 15) is 4.79 Å². The van der Waals surface area contributed by atoms with Gasteiger partial charge in [0.05, 0.1) is 6.61 Å². The van der Waals surface area contributed by atoms with Crippen molar-refractivity contribution in [2.24, 2.45) is 0 Å². The topological polar surface area (TPSA) is 43.3 Å². The molecule has 1 aromatic heterocycles. The predicted octanol–water partition coefficient (Wildman–Crippen LogP) is 3.15. The maximum absolute atomic E-state index is 12.2. The highest BCUT2D eigenvalue weighted by atomic mass is 79.9. The number of benzene rings is 1. The fourth-order valence-electron chi connectivity index (χ4n) is 1.73. The molecule has 1 aromatic carbocycles. The third-order valence-corrected chi connectivity index (χ3v) is 3.23. The molecule has 0 aliphatic rings. The number of nitrogens with one attached hydrogen (secondary N) is 1. The Labute approximate surface area is 120 Å². The van der Waals surface area contributed by atoms with Crippen LogP contribution in [0.1, 0.15) is 10.5 Å². The van der Waals surface area contributed by atoms with Gasteiger partial charge in [0.1, 0.15) is 5.69 Å². The van der Waals surface area contributed by atoms with Gasteiger partial charge in [-0.05, 0) is 36.4 Å². The van der Waals surface area contributed by atoms with Crippen LogP contribution in [0.5, 0.6) is 0 Å². The fourth-order valence-corrected chi connectivity index (χ4v) is 2.00. The van der Waals surface area contributed by atoms with Crippen molar-refractivity contribution in [2.45, 2.75) is 6.54 Å². The third kappa shape index (κ3) is 3.68. The Kier molecular flexibility index (Phi) is 4.76. The fraction of sp³-hybridized carbons (Fsp3) is 0.214. The number of aromatic nitrogens is 1. The van der Waals surface area contributed by atoms with Crippen molar-refractivity contribution in [1.82, 2.24) is 4.57 Å². The van der Waals surface area contributed by atoms with E-state index in [1.54, 1.807) is 13.2 Å². The first-order valence-electron chi connectivity index (χ1n) is 5.91. The molecule has 2 rings (SSSR count). The average Bonchev–Trinajstić information content (AvgIpc) is 2.87. The SMILES string of the molecule is COCCn1cccc1C(=O)Nc1ccc(Br)cc1. The largest absolute Gasteiger partial charge is 0.383 e. The van der Waals surface area contributed by atoms with Crippen LogP contribution < -0.4 is 5.32 Å². The molecule has 0 saturated carbocycles. The molecule has 1 N–H and O–H groups in total. The number of carbonyl (C=O) groups excluding carboxylic acids is 1. The molecule has 0 atom stereocenters. The number of hydrogen-bond acceptors (Lipinski definition) is 2. The van der Waals surface area contributed by atoms with Crippen LogP contribution in [0.3, 0.4) is 0 Å². The molecule has 0 radical (unpaired) electrons. The van der Waals surface area contributed by atoms with Gasteiger partial charge in [0.25, 0.3) is 5.91 Å². The summed E-state index contributed by atoms with van der Waals surface area (Å²) in [4.78, 5) is 12.2. The minimum atomic E-state index is -0.122. The average molecular weight is 323 g/mol. The van der Waals surface area contributed by atoms with E-state index in [4.69, 9.17) is 4.74 Å². The second kappa shape index (κ2) is 6.54. The number of hydrogen-bond donors (Lipinski definition) is 1. The number of methoxy groups -OCH3 is 1. The first-order valence-corrected chi connectivity index (χ1v) is 6.71. The number of rotatable bonds is 5. The van der Waals surface area contributed by atoms with Gasteiger partial charge in [0.2, 0.25) is 0 Å². The third-order valence-electron chi connectivity index (χ3n) is 2.70. The van der Waals surface area contributed by atoms with Crippen LogP contribution in [0.2, 0.25) is 0 Å².